The van der Waals surface area contributed by atoms with E-state index in [2.05, 4.69) is 4.98 Å². The summed E-state index contributed by atoms with van der Waals surface area (Å²) in [4.78, 5) is 18.2. The Labute approximate surface area is 185 Å². The van der Waals surface area contributed by atoms with Gasteiger partial charge < -0.3 is 0 Å². The third-order valence-electron chi connectivity index (χ3n) is 4.31. The Morgan fingerprint density at radius 3 is 2.40 bits per heavy atom. The second kappa shape index (κ2) is 9.23. The molecular weight excluding hydrogens is 448 g/mol. The summed E-state index contributed by atoms with van der Waals surface area (Å²) in [7, 11) is -1.34. The minimum Gasteiger partial charge on any atom is -0.291 e. The maximum atomic E-state index is 13.9. The number of thiazole rings is 1. The first-order valence-corrected chi connectivity index (χ1v) is 11.4. The SMILES string of the molecule is Cc1nc(N(C)C(=O)Cc2ccc(-c3cc(F)ccc3F)cc2)sc1[S@@](C)(=N)=O.S. The van der Waals surface area contributed by atoms with Crippen LogP contribution in [0.4, 0.5) is 13.9 Å². The molecule has 0 fully saturated rings. The van der Waals surface area contributed by atoms with Crippen molar-refractivity contribution in [1.82, 2.24) is 4.98 Å². The number of nitrogens with one attached hydrogen (secondary N) is 1. The molecule has 0 unspecified atom stereocenters. The molecule has 0 spiro atoms. The van der Waals surface area contributed by atoms with E-state index in [0.29, 0.717) is 26.2 Å². The molecule has 3 aromatic rings. The standard InChI is InChI=1S/C20H19F2N3O2S2.H2S/c1-12-19(29(3,23)27)28-20(24-12)25(2)18(26)10-13-4-6-14(7-5-13)16-11-15(21)8-9-17(16)22;/h4-9,11,23H,10H2,1-3H3;1H2/t29-;/m0./s1. The molecule has 0 aliphatic carbocycles. The second-order valence-electron chi connectivity index (χ2n) is 6.66. The van der Waals surface area contributed by atoms with Crippen LogP contribution in [-0.2, 0) is 20.9 Å². The molecule has 160 valence electrons. The van der Waals surface area contributed by atoms with Gasteiger partial charge in [0.05, 0.1) is 21.8 Å². The summed E-state index contributed by atoms with van der Waals surface area (Å²) in [6, 6.07) is 9.91. The molecule has 1 atom stereocenters. The summed E-state index contributed by atoms with van der Waals surface area (Å²) in [5, 5.41) is 0.378. The number of rotatable bonds is 5. The van der Waals surface area contributed by atoms with Gasteiger partial charge in [-0.15, -0.1) is 0 Å². The van der Waals surface area contributed by atoms with E-state index >= 15 is 0 Å². The van der Waals surface area contributed by atoms with Crippen molar-refractivity contribution in [3.63, 3.8) is 0 Å². The van der Waals surface area contributed by atoms with Gasteiger partial charge >= 0.3 is 0 Å². The quantitative estimate of drug-likeness (QED) is 0.586. The average Bonchev–Trinajstić information content (AvgIpc) is 3.06. The van der Waals surface area contributed by atoms with Gasteiger partial charge in [-0.2, -0.15) is 13.5 Å². The maximum absolute atomic E-state index is 13.9. The van der Waals surface area contributed by atoms with Crippen molar-refractivity contribution in [1.29, 1.82) is 4.78 Å². The summed E-state index contributed by atoms with van der Waals surface area (Å²) < 4.78 is 47.4. The summed E-state index contributed by atoms with van der Waals surface area (Å²) in [6.07, 6.45) is 1.40. The van der Waals surface area contributed by atoms with Crippen molar-refractivity contribution in [3.05, 3.63) is 65.4 Å². The Balaban J connectivity index is 0.00000320. The molecule has 5 nitrogen and oxygen atoms in total. The molecule has 0 aliphatic heterocycles. The van der Waals surface area contributed by atoms with E-state index in [0.717, 1.165) is 29.5 Å². The van der Waals surface area contributed by atoms with Gasteiger partial charge in [-0.25, -0.2) is 22.8 Å². The van der Waals surface area contributed by atoms with Crippen LogP contribution in [0.2, 0.25) is 0 Å². The van der Waals surface area contributed by atoms with Gasteiger partial charge in [0.15, 0.2) is 5.13 Å². The molecule has 1 heterocycles. The smallest absolute Gasteiger partial charge is 0.232 e. The molecular formula is C20H21F2N3O2S3. The minimum atomic E-state index is -2.91. The first-order valence-electron chi connectivity index (χ1n) is 8.58. The molecule has 0 saturated carbocycles. The van der Waals surface area contributed by atoms with Crippen molar-refractivity contribution >= 4 is 45.6 Å². The van der Waals surface area contributed by atoms with Crippen LogP contribution >= 0.6 is 24.8 Å². The van der Waals surface area contributed by atoms with Crippen LogP contribution in [-0.4, -0.2) is 28.4 Å². The number of carbonyl (C=O) groups is 1. The molecule has 0 radical (unpaired) electrons. The number of nitrogens with zero attached hydrogens (tertiary/aromatic N) is 2. The topological polar surface area (TPSA) is 74.1 Å². The van der Waals surface area contributed by atoms with Crippen LogP contribution in [0.25, 0.3) is 11.1 Å². The highest BCUT2D eigenvalue weighted by Crippen LogP contribution is 2.30. The fourth-order valence-corrected chi connectivity index (χ4v) is 5.04. The van der Waals surface area contributed by atoms with Crippen molar-refractivity contribution in [2.24, 2.45) is 0 Å². The highest BCUT2D eigenvalue weighted by Gasteiger charge is 2.20. The van der Waals surface area contributed by atoms with E-state index in [9.17, 15) is 17.8 Å². The van der Waals surface area contributed by atoms with E-state index in [-0.39, 0.29) is 31.4 Å². The van der Waals surface area contributed by atoms with Crippen LogP contribution in [0.15, 0.2) is 46.7 Å². The Hall–Kier alpha value is -2.30. The fourth-order valence-electron chi connectivity index (χ4n) is 2.79. The maximum Gasteiger partial charge on any atom is 0.232 e. The van der Waals surface area contributed by atoms with Crippen LogP contribution in [0, 0.1) is 23.3 Å². The highest BCUT2D eigenvalue weighted by atomic mass is 32.2. The fraction of sp³-hybridized carbons (Fsp3) is 0.200. The third kappa shape index (κ3) is 5.24. The number of halogens is 2. The molecule has 1 N–H and O–H groups in total. The normalized spacial score (nSPS) is 12.7. The molecule has 0 saturated heterocycles. The van der Waals surface area contributed by atoms with Gasteiger partial charge in [0, 0.05) is 18.9 Å². The van der Waals surface area contributed by atoms with Gasteiger partial charge in [0.2, 0.25) is 5.91 Å². The lowest BCUT2D eigenvalue weighted by Gasteiger charge is -2.14. The van der Waals surface area contributed by atoms with Crippen LogP contribution in [0.1, 0.15) is 11.3 Å². The van der Waals surface area contributed by atoms with Gasteiger partial charge in [-0.3, -0.25) is 9.69 Å². The number of aryl methyl sites for hydroxylation is 1. The van der Waals surface area contributed by atoms with Gasteiger partial charge in [0.1, 0.15) is 15.8 Å². The third-order valence-corrected chi connectivity index (χ3v) is 7.54. The number of amides is 1. The molecule has 30 heavy (non-hydrogen) atoms. The Morgan fingerprint density at radius 2 is 1.83 bits per heavy atom. The summed E-state index contributed by atoms with van der Waals surface area (Å²) in [6.45, 7) is 1.66. The molecule has 2 aromatic carbocycles. The number of likely N-dealkylation sites (N-methyl/N-ethyl adjacent to an activating group) is 1. The number of hydrogen-bond donors (Lipinski definition) is 1. The van der Waals surface area contributed by atoms with E-state index in [1.54, 1.807) is 38.2 Å². The van der Waals surface area contributed by atoms with Crippen molar-refractivity contribution in [2.45, 2.75) is 17.6 Å². The number of benzene rings is 2. The highest BCUT2D eigenvalue weighted by molar-refractivity contribution is 7.93. The number of hydrogen-bond acceptors (Lipinski definition) is 5. The van der Waals surface area contributed by atoms with Gasteiger partial charge in [-0.1, -0.05) is 35.6 Å². The summed E-state index contributed by atoms with van der Waals surface area (Å²) in [5.74, 6) is -1.28. The largest absolute Gasteiger partial charge is 0.291 e. The van der Waals surface area contributed by atoms with Crippen molar-refractivity contribution in [3.8, 4) is 11.1 Å². The van der Waals surface area contributed by atoms with Crippen molar-refractivity contribution in [2.75, 3.05) is 18.2 Å². The lowest BCUT2D eigenvalue weighted by Crippen LogP contribution is -2.27. The van der Waals surface area contributed by atoms with Gasteiger partial charge in [-0.05, 0) is 36.2 Å². The molecule has 10 heteroatoms. The molecule has 1 amide bonds. The van der Waals surface area contributed by atoms with E-state index < -0.39 is 21.4 Å². The van der Waals surface area contributed by atoms with E-state index in [4.69, 9.17) is 4.78 Å². The lowest BCUT2D eigenvalue weighted by molar-refractivity contribution is -0.117. The zero-order chi connectivity index (χ0) is 21.3. The van der Waals surface area contributed by atoms with Crippen molar-refractivity contribution < 1.29 is 17.8 Å². The second-order valence-corrected chi connectivity index (χ2v) is 10.00. The first-order chi connectivity index (χ1) is 13.6. The number of anilines is 1. The Morgan fingerprint density at radius 1 is 1.20 bits per heavy atom. The van der Waals surface area contributed by atoms with Crippen LogP contribution in [0.3, 0.4) is 0 Å². The zero-order valence-electron chi connectivity index (χ0n) is 16.5. The molecule has 1 aromatic heterocycles. The number of aromatic nitrogens is 1. The Kier molecular flexibility index (Phi) is 7.38. The molecule has 0 aliphatic rings. The average molecular weight is 470 g/mol. The lowest BCUT2D eigenvalue weighted by atomic mass is 10.0. The summed E-state index contributed by atoms with van der Waals surface area (Å²) in [5.41, 5.74) is 1.86. The van der Waals surface area contributed by atoms with E-state index in [1.165, 1.54) is 11.2 Å². The van der Waals surface area contributed by atoms with Crippen LogP contribution in [0.5, 0.6) is 0 Å². The molecule has 0 bridgehead atoms. The predicted molar refractivity (Wildman–Crippen MR) is 121 cm³/mol. The number of carbonyl (C=O) groups excluding carboxylic acids is 1. The van der Waals surface area contributed by atoms with E-state index in [1.807, 2.05) is 0 Å². The minimum absolute atomic E-state index is 0. The molecule has 3 rings (SSSR count). The summed E-state index contributed by atoms with van der Waals surface area (Å²) >= 11 is 1.07. The van der Waals surface area contributed by atoms with Crippen LogP contribution < -0.4 is 4.90 Å². The first kappa shape index (κ1) is 24.0. The Bertz CT molecular complexity index is 1180. The predicted octanol–water partition coefficient (Wildman–Crippen LogP) is 4.75. The zero-order valence-corrected chi connectivity index (χ0v) is 19.2. The monoisotopic (exact) mass is 469 g/mol. The van der Waals surface area contributed by atoms with Gasteiger partial charge in [0.25, 0.3) is 0 Å².